The lowest BCUT2D eigenvalue weighted by molar-refractivity contribution is -0.138. The molecule has 2 heterocycles. The number of rotatable bonds is 5. The van der Waals surface area contributed by atoms with Crippen molar-refractivity contribution in [3.8, 4) is 5.75 Å². The van der Waals surface area contributed by atoms with Gasteiger partial charge in [-0.15, -0.1) is 0 Å². The van der Waals surface area contributed by atoms with E-state index in [9.17, 15) is 9.59 Å². The highest BCUT2D eigenvalue weighted by Crippen LogP contribution is 2.29. The molecule has 1 fully saturated rings. The predicted octanol–water partition coefficient (Wildman–Crippen LogP) is 2.11. The van der Waals surface area contributed by atoms with Gasteiger partial charge in [0.15, 0.2) is 0 Å². The summed E-state index contributed by atoms with van der Waals surface area (Å²) in [5, 5.41) is 4.26. The van der Waals surface area contributed by atoms with Crippen LogP contribution in [0.5, 0.6) is 5.75 Å². The van der Waals surface area contributed by atoms with Crippen LogP contribution >= 0.6 is 0 Å². The number of carbonyl (C=O) groups is 2. The number of fused-ring (bicyclic) bond motifs is 1. The fraction of sp³-hybridized carbons (Fsp3) is 0.353. The van der Waals surface area contributed by atoms with Crippen LogP contribution in [0.2, 0.25) is 0 Å². The molecule has 2 amide bonds. The van der Waals surface area contributed by atoms with Gasteiger partial charge in [0.1, 0.15) is 11.3 Å². The minimum atomic E-state index is -0.0887. The van der Waals surface area contributed by atoms with Gasteiger partial charge in [-0.2, -0.15) is 0 Å². The van der Waals surface area contributed by atoms with Crippen molar-refractivity contribution in [1.29, 1.82) is 0 Å². The van der Waals surface area contributed by atoms with Crippen molar-refractivity contribution in [2.45, 2.75) is 19.8 Å². The van der Waals surface area contributed by atoms with Crippen LogP contribution in [-0.4, -0.2) is 41.9 Å². The topological polar surface area (TPSA) is 71.5 Å². The molecular weight excluding hydrogens is 294 g/mol. The monoisotopic (exact) mass is 313 g/mol. The zero-order valence-corrected chi connectivity index (χ0v) is 13.3. The lowest BCUT2D eigenvalue weighted by Gasteiger charge is -2.16. The summed E-state index contributed by atoms with van der Waals surface area (Å²) in [6.07, 6.45) is 0.653. The standard InChI is InChI=1S/C17H19N3O3/c1-11-10-13(12-4-3-5-14(23-2)17(12)19-11)18-8-9-20-15(21)6-7-16(20)22/h3-5,10H,6-9H2,1-2H3,(H,18,19). The molecule has 6 nitrogen and oxygen atoms in total. The van der Waals surface area contributed by atoms with E-state index in [1.165, 1.54) is 4.90 Å². The number of aryl methyl sites for hydroxylation is 1. The van der Waals surface area contributed by atoms with E-state index in [4.69, 9.17) is 4.74 Å². The van der Waals surface area contributed by atoms with Crippen LogP contribution in [0.1, 0.15) is 18.5 Å². The molecule has 3 rings (SSSR count). The van der Waals surface area contributed by atoms with E-state index in [1.54, 1.807) is 7.11 Å². The first-order valence-electron chi connectivity index (χ1n) is 7.61. The molecule has 1 aliphatic heterocycles. The normalized spacial score (nSPS) is 14.6. The van der Waals surface area contributed by atoms with Crippen LogP contribution in [0, 0.1) is 6.92 Å². The van der Waals surface area contributed by atoms with Crippen LogP contribution in [0.15, 0.2) is 24.3 Å². The van der Waals surface area contributed by atoms with Gasteiger partial charge in [0.25, 0.3) is 0 Å². The Morgan fingerprint density at radius 3 is 2.70 bits per heavy atom. The maximum Gasteiger partial charge on any atom is 0.229 e. The second-order valence-corrected chi connectivity index (χ2v) is 5.53. The predicted molar refractivity (Wildman–Crippen MR) is 87.5 cm³/mol. The molecule has 1 N–H and O–H groups in total. The highest BCUT2D eigenvalue weighted by molar-refractivity contribution is 6.02. The SMILES string of the molecule is COc1cccc2c(NCCN3C(=O)CCC3=O)cc(C)nc12. The first-order valence-corrected chi connectivity index (χ1v) is 7.61. The Balaban J connectivity index is 1.80. The second-order valence-electron chi connectivity index (χ2n) is 5.53. The molecule has 1 aromatic heterocycles. The summed E-state index contributed by atoms with van der Waals surface area (Å²) < 4.78 is 5.36. The number of benzene rings is 1. The summed E-state index contributed by atoms with van der Waals surface area (Å²) in [4.78, 5) is 29.1. The van der Waals surface area contributed by atoms with Gasteiger partial charge in [-0.3, -0.25) is 14.5 Å². The van der Waals surface area contributed by atoms with E-state index >= 15 is 0 Å². The number of ether oxygens (including phenoxy) is 1. The van der Waals surface area contributed by atoms with Crippen molar-refractivity contribution in [3.05, 3.63) is 30.0 Å². The lowest BCUT2D eigenvalue weighted by Crippen LogP contribution is -2.33. The van der Waals surface area contributed by atoms with Crippen molar-refractivity contribution in [3.63, 3.8) is 0 Å². The molecule has 0 atom stereocenters. The fourth-order valence-corrected chi connectivity index (χ4v) is 2.84. The number of anilines is 1. The molecule has 23 heavy (non-hydrogen) atoms. The highest BCUT2D eigenvalue weighted by atomic mass is 16.5. The molecule has 6 heteroatoms. The number of amides is 2. The van der Waals surface area contributed by atoms with Gasteiger partial charge in [-0.25, -0.2) is 4.98 Å². The highest BCUT2D eigenvalue weighted by Gasteiger charge is 2.28. The number of nitrogens with one attached hydrogen (secondary N) is 1. The molecule has 0 saturated carbocycles. The molecule has 120 valence electrons. The van der Waals surface area contributed by atoms with E-state index in [-0.39, 0.29) is 11.8 Å². The zero-order valence-electron chi connectivity index (χ0n) is 13.3. The average molecular weight is 313 g/mol. The molecule has 0 radical (unpaired) electrons. The number of aromatic nitrogens is 1. The Morgan fingerprint density at radius 1 is 1.26 bits per heavy atom. The van der Waals surface area contributed by atoms with E-state index in [2.05, 4.69) is 10.3 Å². The van der Waals surface area contributed by atoms with Crippen LogP contribution in [0.3, 0.4) is 0 Å². The van der Waals surface area contributed by atoms with Gasteiger partial charge in [0.2, 0.25) is 11.8 Å². The fourth-order valence-electron chi connectivity index (χ4n) is 2.84. The van der Waals surface area contributed by atoms with Crippen molar-refractivity contribution in [2.75, 3.05) is 25.5 Å². The van der Waals surface area contributed by atoms with Gasteiger partial charge in [0.05, 0.1) is 7.11 Å². The van der Waals surface area contributed by atoms with Crippen molar-refractivity contribution < 1.29 is 14.3 Å². The smallest absolute Gasteiger partial charge is 0.229 e. The number of methoxy groups -OCH3 is 1. The summed E-state index contributed by atoms with van der Waals surface area (Å²) in [5.74, 6) is 0.544. The van der Waals surface area contributed by atoms with Crippen molar-refractivity contribution >= 4 is 28.4 Å². The third-order valence-electron chi connectivity index (χ3n) is 3.96. The molecule has 0 unspecified atom stereocenters. The number of nitrogens with zero attached hydrogens (tertiary/aromatic N) is 2. The maximum absolute atomic E-state index is 11.6. The third kappa shape index (κ3) is 2.97. The van der Waals surface area contributed by atoms with Gasteiger partial charge in [0, 0.05) is 42.7 Å². The van der Waals surface area contributed by atoms with Crippen LogP contribution in [-0.2, 0) is 9.59 Å². The third-order valence-corrected chi connectivity index (χ3v) is 3.96. The molecular formula is C17H19N3O3. The number of hydrogen-bond donors (Lipinski definition) is 1. The Kier molecular flexibility index (Phi) is 4.14. The van der Waals surface area contributed by atoms with Crippen LogP contribution in [0.4, 0.5) is 5.69 Å². The molecule has 0 spiro atoms. The average Bonchev–Trinajstić information content (AvgIpc) is 2.86. The number of para-hydroxylation sites is 1. The number of pyridine rings is 1. The van der Waals surface area contributed by atoms with Gasteiger partial charge in [-0.1, -0.05) is 12.1 Å². The first kappa shape index (κ1) is 15.3. The Labute approximate surface area is 134 Å². The van der Waals surface area contributed by atoms with Crippen molar-refractivity contribution in [2.24, 2.45) is 0 Å². The maximum atomic E-state index is 11.6. The quantitative estimate of drug-likeness (QED) is 0.856. The summed E-state index contributed by atoms with van der Waals surface area (Å²) in [5.41, 5.74) is 2.59. The summed E-state index contributed by atoms with van der Waals surface area (Å²) in [6, 6.07) is 7.71. The van der Waals surface area contributed by atoms with Crippen molar-refractivity contribution in [1.82, 2.24) is 9.88 Å². The number of likely N-dealkylation sites (tertiary alicyclic amines) is 1. The largest absolute Gasteiger partial charge is 0.494 e. The van der Waals surface area contributed by atoms with Gasteiger partial charge < -0.3 is 10.1 Å². The summed E-state index contributed by atoms with van der Waals surface area (Å²) in [6.45, 7) is 2.81. The van der Waals surface area contributed by atoms with E-state index < -0.39 is 0 Å². The Morgan fingerprint density at radius 2 is 2.00 bits per heavy atom. The Bertz CT molecular complexity index is 757. The second kappa shape index (κ2) is 6.24. The number of hydrogen-bond acceptors (Lipinski definition) is 5. The van der Waals surface area contributed by atoms with E-state index in [1.807, 2.05) is 31.2 Å². The number of carbonyl (C=O) groups excluding carboxylic acids is 2. The minimum Gasteiger partial charge on any atom is -0.494 e. The zero-order chi connectivity index (χ0) is 16.4. The van der Waals surface area contributed by atoms with Gasteiger partial charge in [-0.05, 0) is 19.1 Å². The van der Waals surface area contributed by atoms with E-state index in [0.29, 0.717) is 25.9 Å². The number of imide groups is 1. The van der Waals surface area contributed by atoms with E-state index in [0.717, 1.165) is 28.0 Å². The Hall–Kier alpha value is -2.63. The molecule has 1 aromatic carbocycles. The minimum absolute atomic E-state index is 0.0887. The lowest BCUT2D eigenvalue weighted by atomic mass is 10.1. The van der Waals surface area contributed by atoms with Crippen LogP contribution < -0.4 is 10.1 Å². The molecule has 1 aliphatic rings. The van der Waals surface area contributed by atoms with Crippen LogP contribution in [0.25, 0.3) is 10.9 Å². The molecule has 0 aliphatic carbocycles. The molecule has 2 aromatic rings. The summed E-state index contributed by atoms with van der Waals surface area (Å²) in [7, 11) is 1.62. The summed E-state index contributed by atoms with van der Waals surface area (Å²) >= 11 is 0. The first-order chi connectivity index (χ1) is 11.1. The molecule has 0 bridgehead atoms. The van der Waals surface area contributed by atoms with Gasteiger partial charge >= 0.3 is 0 Å². The molecule has 1 saturated heterocycles.